The van der Waals surface area contributed by atoms with Crippen molar-refractivity contribution in [1.29, 1.82) is 0 Å². The number of rotatable bonds is 9. The Labute approximate surface area is 221 Å². The first-order valence-electron chi connectivity index (χ1n) is 11.5. The van der Waals surface area contributed by atoms with E-state index in [-0.39, 0.29) is 16.4 Å². The summed E-state index contributed by atoms with van der Waals surface area (Å²) < 4.78 is 42.8. The van der Waals surface area contributed by atoms with Crippen LogP contribution in [0.3, 0.4) is 0 Å². The minimum Gasteiger partial charge on any atom is -0.493 e. The van der Waals surface area contributed by atoms with Gasteiger partial charge in [0.25, 0.3) is 15.9 Å². The number of hydrogen-bond donors (Lipinski definition) is 1. The molecule has 0 aliphatic rings. The molecule has 0 bridgehead atoms. The molecular weight excluding hydrogens is 510 g/mol. The molecule has 0 spiro atoms. The van der Waals surface area contributed by atoms with E-state index in [1.807, 2.05) is 26.8 Å². The molecule has 0 saturated heterocycles. The Morgan fingerprint density at radius 1 is 0.895 bits per heavy atom. The fourth-order valence-electron chi connectivity index (χ4n) is 3.57. The molecule has 0 aliphatic carbocycles. The summed E-state index contributed by atoms with van der Waals surface area (Å²) in [5, 5.41) is 3.94. The Morgan fingerprint density at radius 2 is 1.55 bits per heavy atom. The van der Waals surface area contributed by atoms with Gasteiger partial charge >= 0.3 is 6.16 Å². The van der Waals surface area contributed by atoms with E-state index in [0.717, 1.165) is 21.0 Å². The largest absolute Gasteiger partial charge is 0.513 e. The maximum atomic E-state index is 13.5. The molecule has 0 saturated carbocycles. The molecule has 0 aromatic heterocycles. The Kier molecular flexibility index (Phi) is 9.08. The van der Waals surface area contributed by atoms with Crippen molar-refractivity contribution in [2.24, 2.45) is 5.10 Å². The lowest BCUT2D eigenvalue weighted by atomic mass is 10.1. The normalized spacial score (nSPS) is 11.2. The van der Waals surface area contributed by atoms with E-state index in [0.29, 0.717) is 11.3 Å². The van der Waals surface area contributed by atoms with Gasteiger partial charge in [0.2, 0.25) is 0 Å². The molecule has 0 heterocycles. The van der Waals surface area contributed by atoms with Gasteiger partial charge in [0.15, 0.2) is 11.5 Å². The van der Waals surface area contributed by atoms with E-state index < -0.39 is 28.6 Å². The van der Waals surface area contributed by atoms with Gasteiger partial charge in [0.1, 0.15) is 6.54 Å². The number of hydrazone groups is 1. The first kappa shape index (κ1) is 28.2. The van der Waals surface area contributed by atoms with Crippen molar-refractivity contribution in [2.75, 3.05) is 25.1 Å². The van der Waals surface area contributed by atoms with Gasteiger partial charge in [-0.1, -0.05) is 23.8 Å². The second-order valence-corrected chi connectivity index (χ2v) is 10.3. The number of carbonyl (C=O) groups excluding carboxylic acids is 2. The van der Waals surface area contributed by atoms with E-state index in [2.05, 4.69) is 15.3 Å². The van der Waals surface area contributed by atoms with E-state index in [4.69, 9.17) is 9.47 Å². The Morgan fingerprint density at radius 3 is 2.16 bits per heavy atom. The lowest BCUT2D eigenvalue weighted by Gasteiger charge is -2.24. The number of aryl methyl sites for hydroxylation is 3. The van der Waals surface area contributed by atoms with Crippen molar-refractivity contribution >= 4 is 34.0 Å². The first-order valence-corrected chi connectivity index (χ1v) is 12.9. The molecule has 10 nitrogen and oxygen atoms in total. The summed E-state index contributed by atoms with van der Waals surface area (Å²) in [6.45, 7) is 5.07. The zero-order valence-corrected chi connectivity index (χ0v) is 22.5. The van der Waals surface area contributed by atoms with E-state index in [1.165, 1.54) is 44.7 Å². The second-order valence-electron chi connectivity index (χ2n) is 8.43. The molecule has 3 rings (SSSR count). The van der Waals surface area contributed by atoms with Crippen molar-refractivity contribution in [3.05, 3.63) is 82.9 Å². The van der Waals surface area contributed by atoms with E-state index in [1.54, 1.807) is 30.3 Å². The fourth-order valence-corrected chi connectivity index (χ4v) is 4.98. The summed E-state index contributed by atoms with van der Waals surface area (Å²) in [7, 11) is -1.46. The van der Waals surface area contributed by atoms with E-state index in [9.17, 15) is 18.0 Å². The SMILES string of the molecule is COC(=O)Oc1ccc(/C=N\NC(=O)CN(c2cc(C)cc(C)c2)S(=O)(=O)c2ccc(C)cc2)cc1OC. The summed E-state index contributed by atoms with van der Waals surface area (Å²) in [5.74, 6) is -0.254. The van der Waals surface area contributed by atoms with Gasteiger partial charge in [0, 0.05) is 0 Å². The van der Waals surface area contributed by atoms with Gasteiger partial charge in [-0.05, 0) is 79.9 Å². The van der Waals surface area contributed by atoms with Crippen LogP contribution < -0.4 is 19.2 Å². The summed E-state index contributed by atoms with van der Waals surface area (Å²) in [4.78, 5) is 24.3. The maximum absolute atomic E-state index is 13.5. The lowest BCUT2D eigenvalue weighted by molar-refractivity contribution is -0.119. The molecule has 0 radical (unpaired) electrons. The minimum atomic E-state index is -4.05. The highest BCUT2D eigenvalue weighted by molar-refractivity contribution is 7.92. The number of anilines is 1. The van der Waals surface area contributed by atoms with Gasteiger partial charge in [-0.3, -0.25) is 9.10 Å². The molecule has 38 heavy (non-hydrogen) atoms. The topological polar surface area (TPSA) is 124 Å². The number of amides is 1. The molecule has 0 aliphatic heterocycles. The number of sulfonamides is 1. The average molecular weight is 540 g/mol. The molecule has 3 aromatic rings. The molecule has 3 aromatic carbocycles. The van der Waals surface area contributed by atoms with Crippen LogP contribution in [0.2, 0.25) is 0 Å². The third-order valence-electron chi connectivity index (χ3n) is 5.34. The molecular formula is C27H29N3O7S. The van der Waals surface area contributed by atoms with Crippen molar-refractivity contribution in [3.63, 3.8) is 0 Å². The number of hydrogen-bond acceptors (Lipinski definition) is 8. The van der Waals surface area contributed by atoms with Crippen LogP contribution >= 0.6 is 0 Å². The Hall–Kier alpha value is -4.38. The summed E-state index contributed by atoms with van der Waals surface area (Å²) in [6, 6.07) is 16.4. The number of carbonyl (C=O) groups is 2. The maximum Gasteiger partial charge on any atom is 0.513 e. The summed E-state index contributed by atoms with van der Waals surface area (Å²) >= 11 is 0. The molecule has 200 valence electrons. The number of ether oxygens (including phenoxy) is 3. The van der Waals surface area contributed by atoms with Crippen LogP contribution in [0.5, 0.6) is 11.5 Å². The number of benzene rings is 3. The summed E-state index contributed by atoms with van der Waals surface area (Å²) in [6.07, 6.45) is 0.448. The van der Waals surface area contributed by atoms with Crippen molar-refractivity contribution in [1.82, 2.24) is 5.43 Å². The zero-order valence-electron chi connectivity index (χ0n) is 21.7. The van der Waals surface area contributed by atoms with Crippen molar-refractivity contribution in [2.45, 2.75) is 25.7 Å². The number of nitrogens with one attached hydrogen (secondary N) is 1. The van der Waals surface area contributed by atoms with Crippen LogP contribution in [-0.2, 0) is 19.6 Å². The quantitative estimate of drug-likeness (QED) is 0.188. The third kappa shape index (κ3) is 7.10. The highest BCUT2D eigenvalue weighted by Gasteiger charge is 2.27. The Bertz CT molecular complexity index is 1430. The predicted octanol–water partition coefficient (Wildman–Crippen LogP) is 4.11. The van der Waals surface area contributed by atoms with Gasteiger partial charge in [-0.15, -0.1) is 0 Å². The molecule has 0 unspecified atom stereocenters. The van der Waals surface area contributed by atoms with Gasteiger partial charge in [-0.2, -0.15) is 5.10 Å². The van der Waals surface area contributed by atoms with Crippen molar-refractivity contribution < 1.29 is 32.2 Å². The first-order chi connectivity index (χ1) is 18.0. The van der Waals surface area contributed by atoms with Crippen LogP contribution in [0.4, 0.5) is 10.5 Å². The molecule has 0 atom stereocenters. The second kappa shape index (κ2) is 12.2. The molecule has 1 amide bonds. The zero-order chi connectivity index (χ0) is 27.9. The van der Waals surface area contributed by atoms with Crippen LogP contribution in [0.25, 0.3) is 0 Å². The molecule has 0 fully saturated rings. The minimum absolute atomic E-state index is 0.0694. The average Bonchev–Trinajstić information content (AvgIpc) is 2.87. The lowest BCUT2D eigenvalue weighted by Crippen LogP contribution is -2.39. The standard InChI is InChI=1S/C27H29N3O7S/c1-18-6-9-23(10-7-18)38(33,34)30(22-13-19(2)12-20(3)14-22)17-26(31)29-28-16-21-8-11-24(25(15-21)35-4)37-27(32)36-5/h6-16H,17H2,1-5H3,(H,29,31)/b28-16-. The number of nitrogens with zero attached hydrogens (tertiary/aromatic N) is 2. The predicted molar refractivity (Wildman–Crippen MR) is 143 cm³/mol. The van der Waals surface area contributed by atoms with Gasteiger partial charge in [-0.25, -0.2) is 18.6 Å². The molecule has 1 N–H and O–H groups in total. The highest BCUT2D eigenvalue weighted by Crippen LogP contribution is 2.28. The van der Waals surface area contributed by atoms with E-state index >= 15 is 0 Å². The van der Waals surface area contributed by atoms with Crippen molar-refractivity contribution in [3.8, 4) is 11.5 Å². The highest BCUT2D eigenvalue weighted by atomic mass is 32.2. The third-order valence-corrected chi connectivity index (χ3v) is 7.13. The van der Waals surface area contributed by atoms with Crippen LogP contribution in [0.15, 0.2) is 70.7 Å². The fraction of sp³-hybridized carbons (Fsp3) is 0.222. The smallest absolute Gasteiger partial charge is 0.493 e. The van der Waals surface area contributed by atoms with Crippen LogP contribution in [-0.4, -0.2) is 47.5 Å². The van der Waals surface area contributed by atoms with Gasteiger partial charge < -0.3 is 14.2 Å². The Balaban J connectivity index is 1.82. The van der Waals surface area contributed by atoms with Gasteiger partial charge in [0.05, 0.1) is 31.0 Å². The summed E-state index contributed by atoms with van der Waals surface area (Å²) in [5.41, 5.74) is 5.89. The number of methoxy groups -OCH3 is 2. The molecule has 11 heteroatoms. The van der Waals surface area contributed by atoms with Crippen LogP contribution in [0, 0.1) is 20.8 Å². The monoisotopic (exact) mass is 539 g/mol. The van der Waals surface area contributed by atoms with Crippen LogP contribution in [0.1, 0.15) is 22.3 Å².